The molecule has 3 aromatic rings. The van der Waals surface area contributed by atoms with Crippen LogP contribution in [0.2, 0.25) is 5.15 Å². The number of aromatic nitrogens is 1. The summed E-state index contributed by atoms with van der Waals surface area (Å²) in [6.45, 7) is 0. The molecule has 2 heterocycles. The molecule has 0 saturated heterocycles. The highest BCUT2D eigenvalue weighted by molar-refractivity contribution is 8.38. The van der Waals surface area contributed by atoms with Gasteiger partial charge in [0, 0.05) is 27.4 Å². The second kappa shape index (κ2) is 7.62. The average molecular weight is 403 g/mol. The quantitative estimate of drug-likeness (QED) is 0.356. The normalized spacial score (nSPS) is 13.6. The summed E-state index contributed by atoms with van der Waals surface area (Å²) in [4.78, 5) is 10.5. The molecule has 0 unspecified atom stereocenters. The van der Waals surface area contributed by atoms with Crippen LogP contribution in [0.4, 0.5) is 5.69 Å². The van der Waals surface area contributed by atoms with Crippen molar-refractivity contribution in [1.82, 2.24) is 4.98 Å². The summed E-state index contributed by atoms with van der Waals surface area (Å²) >= 11 is 11.6. The van der Waals surface area contributed by atoms with Gasteiger partial charge in [0.2, 0.25) is 0 Å². The van der Waals surface area contributed by atoms with Crippen molar-refractivity contribution >= 4 is 67.9 Å². The van der Waals surface area contributed by atoms with Gasteiger partial charge in [0.1, 0.15) is 9.53 Å². The molecule has 0 saturated carbocycles. The Labute approximate surface area is 164 Å². The Morgan fingerprint density at radius 1 is 1.16 bits per heavy atom. The van der Waals surface area contributed by atoms with Gasteiger partial charge in [-0.2, -0.15) is 0 Å². The third-order valence-electron chi connectivity index (χ3n) is 3.96. The molecule has 126 valence electrons. The number of para-hydroxylation sites is 1. The Balaban J connectivity index is 1.55. The van der Waals surface area contributed by atoms with Crippen LogP contribution in [0, 0.1) is 0 Å². The summed E-state index contributed by atoms with van der Waals surface area (Å²) in [5, 5.41) is 1.71. The van der Waals surface area contributed by atoms with Crippen LogP contribution >= 0.6 is 46.9 Å². The number of pyridine rings is 1. The molecule has 25 heavy (non-hydrogen) atoms. The Morgan fingerprint density at radius 2 is 2.04 bits per heavy atom. The van der Waals surface area contributed by atoms with E-state index in [-0.39, 0.29) is 0 Å². The Hall–Kier alpha value is -1.14. The smallest absolute Gasteiger partial charge is 0.133 e. The molecule has 0 fully saturated rings. The number of nitrogens with zero attached hydrogens (tertiary/aromatic N) is 2. The van der Waals surface area contributed by atoms with Gasteiger partial charge in [0.15, 0.2) is 0 Å². The van der Waals surface area contributed by atoms with Gasteiger partial charge in [-0.3, -0.25) is 0 Å². The van der Waals surface area contributed by atoms with Gasteiger partial charge in [-0.05, 0) is 36.1 Å². The highest BCUT2D eigenvalue weighted by Crippen LogP contribution is 2.36. The van der Waals surface area contributed by atoms with E-state index in [9.17, 15) is 0 Å². The van der Waals surface area contributed by atoms with E-state index in [0.717, 1.165) is 38.0 Å². The molecule has 1 aliphatic heterocycles. The second-order valence-electron chi connectivity index (χ2n) is 5.58. The van der Waals surface area contributed by atoms with Crippen molar-refractivity contribution in [3.05, 3.63) is 64.8 Å². The van der Waals surface area contributed by atoms with E-state index >= 15 is 0 Å². The molecular weight excluding hydrogens is 388 g/mol. The molecule has 6 heteroatoms. The zero-order chi connectivity index (χ0) is 17.2. The fourth-order valence-electron chi connectivity index (χ4n) is 2.62. The molecule has 0 amide bonds. The van der Waals surface area contributed by atoms with Crippen molar-refractivity contribution in [3.8, 4) is 0 Å². The lowest BCUT2D eigenvalue weighted by molar-refractivity contribution is 1.30. The van der Waals surface area contributed by atoms with Crippen LogP contribution < -0.4 is 0 Å². The largest absolute Gasteiger partial charge is 0.236 e. The summed E-state index contributed by atoms with van der Waals surface area (Å²) < 4.78 is 1.09. The van der Waals surface area contributed by atoms with E-state index in [4.69, 9.17) is 16.6 Å². The number of aliphatic imine (C=N–C) groups is 1. The standard InChI is InChI=1S/C19H15ClN2S3/c1-23-15-7-6-12-8-14(18(20)21-17(12)9-15)11-25-19-22-16-5-3-2-4-13(16)10-24-19/h2-9H,10-11H2,1H3. The van der Waals surface area contributed by atoms with Gasteiger partial charge in [-0.25, -0.2) is 9.98 Å². The van der Waals surface area contributed by atoms with E-state index in [2.05, 4.69) is 53.7 Å². The van der Waals surface area contributed by atoms with Gasteiger partial charge in [-0.1, -0.05) is 59.4 Å². The maximum absolute atomic E-state index is 6.42. The lowest BCUT2D eigenvalue weighted by Gasteiger charge is -2.14. The number of thioether (sulfide) groups is 3. The van der Waals surface area contributed by atoms with Crippen molar-refractivity contribution in [1.29, 1.82) is 0 Å². The van der Waals surface area contributed by atoms with Gasteiger partial charge < -0.3 is 0 Å². The Kier molecular flexibility index (Phi) is 5.27. The lowest BCUT2D eigenvalue weighted by atomic mass is 10.2. The molecule has 0 N–H and O–H groups in total. The summed E-state index contributed by atoms with van der Waals surface area (Å²) in [6.07, 6.45) is 2.06. The number of benzene rings is 2. The van der Waals surface area contributed by atoms with Crippen molar-refractivity contribution in [2.45, 2.75) is 16.4 Å². The van der Waals surface area contributed by atoms with Crippen LogP contribution in [0.25, 0.3) is 10.9 Å². The van der Waals surface area contributed by atoms with Gasteiger partial charge in [0.05, 0.1) is 11.2 Å². The first-order chi connectivity index (χ1) is 12.2. The van der Waals surface area contributed by atoms with Crippen molar-refractivity contribution in [3.63, 3.8) is 0 Å². The highest BCUT2D eigenvalue weighted by atomic mass is 35.5. The first-order valence-electron chi connectivity index (χ1n) is 7.78. The van der Waals surface area contributed by atoms with Crippen LogP contribution in [-0.4, -0.2) is 15.6 Å². The molecule has 2 nitrogen and oxygen atoms in total. The number of rotatable bonds is 3. The number of fused-ring (bicyclic) bond motifs is 2. The Bertz CT molecular complexity index is 972. The SMILES string of the molecule is CSc1ccc2cc(CSC3=Nc4ccccc4CS3)c(Cl)nc2c1. The molecule has 0 radical (unpaired) electrons. The Morgan fingerprint density at radius 3 is 2.92 bits per heavy atom. The molecule has 1 aliphatic rings. The van der Waals surface area contributed by atoms with Crippen molar-refractivity contribution in [2.24, 2.45) is 4.99 Å². The van der Waals surface area contributed by atoms with E-state index in [0.29, 0.717) is 5.15 Å². The van der Waals surface area contributed by atoms with Crippen LogP contribution in [0.1, 0.15) is 11.1 Å². The lowest BCUT2D eigenvalue weighted by Crippen LogP contribution is -1.97. The zero-order valence-electron chi connectivity index (χ0n) is 13.5. The maximum atomic E-state index is 6.42. The molecule has 0 aliphatic carbocycles. The van der Waals surface area contributed by atoms with Crippen molar-refractivity contribution in [2.75, 3.05) is 6.26 Å². The van der Waals surface area contributed by atoms with E-state index in [1.807, 2.05) is 6.07 Å². The minimum absolute atomic E-state index is 0.583. The van der Waals surface area contributed by atoms with Crippen LogP contribution in [0.3, 0.4) is 0 Å². The van der Waals surface area contributed by atoms with Crippen molar-refractivity contribution < 1.29 is 0 Å². The molecule has 4 rings (SSSR count). The van der Waals surface area contributed by atoms with Crippen LogP contribution in [0.15, 0.2) is 58.4 Å². The predicted octanol–water partition coefficient (Wildman–Crippen LogP) is 6.78. The van der Waals surface area contributed by atoms with E-state index in [1.165, 1.54) is 10.5 Å². The van der Waals surface area contributed by atoms with E-state index in [1.54, 1.807) is 35.3 Å². The fourth-order valence-corrected chi connectivity index (χ4v) is 5.38. The molecule has 2 aromatic carbocycles. The number of hydrogen-bond donors (Lipinski definition) is 0. The summed E-state index contributed by atoms with van der Waals surface area (Å²) in [6, 6.07) is 16.8. The minimum Gasteiger partial charge on any atom is -0.236 e. The molecule has 0 atom stereocenters. The van der Waals surface area contributed by atoms with Crippen LogP contribution in [0.5, 0.6) is 0 Å². The summed E-state index contributed by atoms with van der Waals surface area (Å²) in [5.41, 5.74) is 4.38. The van der Waals surface area contributed by atoms with Crippen LogP contribution in [-0.2, 0) is 11.5 Å². The first-order valence-corrected chi connectivity index (χ1v) is 11.4. The average Bonchev–Trinajstić information content (AvgIpc) is 2.65. The first kappa shape index (κ1) is 17.3. The fraction of sp³-hybridized carbons (Fsp3) is 0.158. The number of halogens is 1. The predicted molar refractivity (Wildman–Crippen MR) is 115 cm³/mol. The van der Waals surface area contributed by atoms with Gasteiger partial charge in [-0.15, -0.1) is 11.8 Å². The summed E-state index contributed by atoms with van der Waals surface area (Å²) in [5.74, 6) is 1.75. The van der Waals surface area contributed by atoms with Gasteiger partial charge in [0.25, 0.3) is 0 Å². The topological polar surface area (TPSA) is 25.2 Å². The molecule has 1 aromatic heterocycles. The summed E-state index contributed by atoms with van der Waals surface area (Å²) in [7, 11) is 0. The third-order valence-corrected chi connectivity index (χ3v) is 7.30. The second-order valence-corrected chi connectivity index (χ2v) is 9.00. The zero-order valence-corrected chi connectivity index (χ0v) is 16.7. The highest BCUT2D eigenvalue weighted by Gasteiger charge is 2.14. The third kappa shape index (κ3) is 3.85. The molecular formula is C19H15ClN2S3. The maximum Gasteiger partial charge on any atom is 0.133 e. The van der Waals surface area contributed by atoms with E-state index < -0.39 is 0 Å². The van der Waals surface area contributed by atoms with Gasteiger partial charge >= 0.3 is 0 Å². The molecule has 0 bridgehead atoms. The monoisotopic (exact) mass is 402 g/mol. The number of hydrogen-bond acceptors (Lipinski definition) is 5. The molecule has 0 spiro atoms. The minimum atomic E-state index is 0.583.